The Morgan fingerprint density at radius 1 is 0.967 bits per heavy atom. The molecule has 1 heterocycles. The molecule has 0 aliphatic rings. The Hall–Kier alpha value is -3.68. The molecule has 1 aromatic heterocycles. The second-order valence-corrected chi connectivity index (χ2v) is 6.14. The van der Waals surface area contributed by atoms with Crippen molar-refractivity contribution in [3.63, 3.8) is 0 Å². The minimum absolute atomic E-state index is 0.242. The maximum absolute atomic E-state index is 12.7. The van der Waals surface area contributed by atoms with Crippen molar-refractivity contribution in [3.05, 3.63) is 46.6 Å². The van der Waals surface area contributed by atoms with Crippen LogP contribution in [0.1, 0.15) is 6.92 Å². The molecule has 0 amide bonds. The molecule has 0 saturated carbocycles. The third kappa shape index (κ3) is 4.32. The molecule has 0 aliphatic carbocycles. The van der Waals surface area contributed by atoms with E-state index in [4.69, 9.17) is 28.1 Å². The first-order chi connectivity index (χ1) is 14.5. The van der Waals surface area contributed by atoms with Gasteiger partial charge in [0.05, 0.1) is 33.3 Å². The fourth-order valence-electron chi connectivity index (χ4n) is 2.94. The van der Waals surface area contributed by atoms with E-state index in [0.717, 1.165) is 0 Å². The number of methoxy groups -OCH3 is 3. The van der Waals surface area contributed by atoms with Crippen molar-refractivity contribution in [2.24, 2.45) is 0 Å². The van der Waals surface area contributed by atoms with Gasteiger partial charge in [0, 0.05) is 11.6 Å². The predicted molar refractivity (Wildman–Crippen MR) is 110 cm³/mol. The smallest absolute Gasteiger partial charge is 0.344 e. The van der Waals surface area contributed by atoms with E-state index in [1.54, 1.807) is 31.2 Å². The van der Waals surface area contributed by atoms with E-state index in [-0.39, 0.29) is 18.6 Å². The number of rotatable bonds is 8. The Kier molecular flexibility index (Phi) is 6.46. The summed E-state index contributed by atoms with van der Waals surface area (Å²) in [5, 5.41) is 0.326. The van der Waals surface area contributed by atoms with Crippen LogP contribution in [0.25, 0.3) is 22.3 Å². The highest BCUT2D eigenvalue weighted by Crippen LogP contribution is 2.41. The summed E-state index contributed by atoms with van der Waals surface area (Å²) in [4.78, 5) is 24.1. The Labute approximate surface area is 172 Å². The van der Waals surface area contributed by atoms with Crippen molar-refractivity contribution in [2.75, 3.05) is 34.5 Å². The van der Waals surface area contributed by atoms with Crippen molar-refractivity contribution >= 4 is 16.9 Å². The van der Waals surface area contributed by atoms with Crippen LogP contribution in [0.3, 0.4) is 0 Å². The first kappa shape index (κ1) is 21.0. The van der Waals surface area contributed by atoms with Crippen LogP contribution < -0.4 is 24.4 Å². The van der Waals surface area contributed by atoms with E-state index < -0.39 is 5.97 Å². The lowest BCUT2D eigenvalue weighted by molar-refractivity contribution is -0.145. The van der Waals surface area contributed by atoms with Crippen LogP contribution in [0.15, 0.2) is 45.6 Å². The number of hydrogen-bond acceptors (Lipinski definition) is 8. The van der Waals surface area contributed by atoms with Gasteiger partial charge >= 0.3 is 5.97 Å². The van der Waals surface area contributed by atoms with Gasteiger partial charge in [-0.15, -0.1) is 0 Å². The van der Waals surface area contributed by atoms with Gasteiger partial charge in [0.2, 0.25) is 5.75 Å². The maximum atomic E-state index is 12.7. The van der Waals surface area contributed by atoms with Crippen molar-refractivity contribution < 1.29 is 32.9 Å². The van der Waals surface area contributed by atoms with Crippen LogP contribution >= 0.6 is 0 Å². The lowest BCUT2D eigenvalue weighted by Gasteiger charge is -2.14. The number of ether oxygens (including phenoxy) is 5. The molecule has 0 atom stereocenters. The summed E-state index contributed by atoms with van der Waals surface area (Å²) in [6.07, 6.45) is 0. The third-order valence-corrected chi connectivity index (χ3v) is 4.31. The number of hydrogen-bond donors (Lipinski definition) is 0. The molecule has 0 N–H and O–H groups in total. The molecule has 158 valence electrons. The van der Waals surface area contributed by atoms with E-state index in [0.29, 0.717) is 45.3 Å². The van der Waals surface area contributed by atoms with Gasteiger partial charge in [-0.1, -0.05) is 0 Å². The molecule has 0 spiro atoms. The molecular formula is C22H22O8. The Bertz CT molecular complexity index is 1090. The number of esters is 1. The first-order valence-electron chi connectivity index (χ1n) is 9.17. The third-order valence-electron chi connectivity index (χ3n) is 4.31. The monoisotopic (exact) mass is 414 g/mol. The molecule has 0 bridgehead atoms. The zero-order valence-corrected chi connectivity index (χ0v) is 17.1. The van der Waals surface area contributed by atoms with Crippen LogP contribution in [0.2, 0.25) is 0 Å². The summed E-state index contributed by atoms with van der Waals surface area (Å²) in [7, 11) is 4.53. The molecular weight excluding hydrogens is 392 g/mol. The number of benzene rings is 2. The zero-order valence-electron chi connectivity index (χ0n) is 17.1. The van der Waals surface area contributed by atoms with E-state index in [1.165, 1.54) is 33.5 Å². The van der Waals surface area contributed by atoms with Gasteiger partial charge in [-0.3, -0.25) is 4.79 Å². The summed E-state index contributed by atoms with van der Waals surface area (Å²) in [5.74, 6) is 1.54. The van der Waals surface area contributed by atoms with E-state index in [1.807, 2.05) is 0 Å². The molecule has 0 unspecified atom stereocenters. The highest BCUT2D eigenvalue weighted by molar-refractivity contribution is 5.81. The topological polar surface area (TPSA) is 93.4 Å². The second kappa shape index (κ2) is 9.21. The van der Waals surface area contributed by atoms with Crippen LogP contribution in [0, 0.1) is 0 Å². The van der Waals surface area contributed by atoms with Crippen LogP contribution in [0.4, 0.5) is 0 Å². The predicted octanol–water partition coefficient (Wildman–Crippen LogP) is 3.43. The highest BCUT2D eigenvalue weighted by atomic mass is 16.6. The van der Waals surface area contributed by atoms with Crippen LogP contribution in [-0.2, 0) is 9.53 Å². The lowest BCUT2D eigenvalue weighted by atomic mass is 10.1. The second-order valence-electron chi connectivity index (χ2n) is 6.14. The van der Waals surface area contributed by atoms with Crippen molar-refractivity contribution in [2.45, 2.75) is 6.92 Å². The Balaban J connectivity index is 1.98. The van der Waals surface area contributed by atoms with Gasteiger partial charge in [0.15, 0.2) is 23.5 Å². The number of carbonyl (C=O) groups excluding carboxylic acids is 1. The van der Waals surface area contributed by atoms with Gasteiger partial charge in [0.1, 0.15) is 17.1 Å². The Morgan fingerprint density at radius 3 is 2.27 bits per heavy atom. The van der Waals surface area contributed by atoms with Crippen molar-refractivity contribution in [1.29, 1.82) is 0 Å². The van der Waals surface area contributed by atoms with Crippen molar-refractivity contribution in [1.82, 2.24) is 0 Å². The summed E-state index contributed by atoms with van der Waals surface area (Å²) in [6, 6.07) is 9.52. The van der Waals surface area contributed by atoms with E-state index in [9.17, 15) is 9.59 Å². The highest BCUT2D eigenvalue weighted by Gasteiger charge is 2.16. The molecule has 2 aromatic carbocycles. The normalized spacial score (nSPS) is 10.5. The molecule has 0 saturated heterocycles. The van der Waals surface area contributed by atoms with Gasteiger partial charge in [-0.2, -0.15) is 0 Å². The molecule has 0 radical (unpaired) electrons. The molecule has 0 aliphatic heterocycles. The molecule has 8 heteroatoms. The summed E-state index contributed by atoms with van der Waals surface area (Å²) in [6.45, 7) is 1.74. The average molecular weight is 414 g/mol. The fourth-order valence-corrected chi connectivity index (χ4v) is 2.94. The van der Waals surface area contributed by atoms with Crippen LogP contribution in [-0.4, -0.2) is 40.5 Å². The van der Waals surface area contributed by atoms with Gasteiger partial charge in [0.25, 0.3) is 0 Å². The largest absolute Gasteiger partial charge is 0.493 e. The quantitative estimate of drug-likeness (QED) is 0.518. The molecule has 8 nitrogen and oxygen atoms in total. The lowest BCUT2D eigenvalue weighted by Crippen LogP contribution is -2.14. The summed E-state index contributed by atoms with van der Waals surface area (Å²) >= 11 is 0. The van der Waals surface area contributed by atoms with Crippen LogP contribution in [0.5, 0.6) is 23.0 Å². The SMILES string of the molecule is CCOC(=O)COc1ccc2oc(-c3cc(OC)c(OC)c(OC)c3)cc(=O)c2c1. The Morgan fingerprint density at radius 2 is 1.67 bits per heavy atom. The first-order valence-corrected chi connectivity index (χ1v) is 9.17. The van der Waals surface area contributed by atoms with Gasteiger partial charge in [-0.25, -0.2) is 4.79 Å². The van der Waals surface area contributed by atoms with Crippen molar-refractivity contribution in [3.8, 4) is 34.3 Å². The average Bonchev–Trinajstić information content (AvgIpc) is 2.76. The fraction of sp³-hybridized carbons (Fsp3) is 0.273. The zero-order chi connectivity index (χ0) is 21.7. The summed E-state index contributed by atoms with van der Waals surface area (Å²) < 4.78 is 32.2. The molecule has 0 fully saturated rings. The van der Waals surface area contributed by atoms with E-state index in [2.05, 4.69) is 0 Å². The van der Waals surface area contributed by atoms with E-state index >= 15 is 0 Å². The minimum atomic E-state index is -0.484. The summed E-state index contributed by atoms with van der Waals surface area (Å²) in [5.41, 5.74) is 0.697. The minimum Gasteiger partial charge on any atom is -0.493 e. The standard InChI is InChI=1S/C22H22O8/c1-5-28-21(24)12-29-14-6-7-17-15(10-14)16(23)11-18(30-17)13-8-19(25-2)22(27-4)20(9-13)26-3/h6-11H,5,12H2,1-4H3. The maximum Gasteiger partial charge on any atom is 0.344 e. The van der Waals surface area contributed by atoms with Gasteiger partial charge < -0.3 is 28.1 Å². The van der Waals surface area contributed by atoms with Gasteiger partial charge in [-0.05, 0) is 37.3 Å². The molecule has 3 aromatic rings. The molecule has 30 heavy (non-hydrogen) atoms. The number of fused-ring (bicyclic) bond motifs is 1. The number of carbonyl (C=O) groups is 1. The molecule has 3 rings (SSSR count).